The number of carbonyl (C=O) groups is 4. The third kappa shape index (κ3) is 12.8. The molecule has 2 heterocycles. The van der Waals surface area contributed by atoms with Gasteiger partial charge in [0.25, 0.3) is 11.8 Å². The molecule has 4 N–H and O–H groups in total. The topological polar surface area (TPSA) is 207 Å². The van der Waals surface area contributed by atoms with E-state index in [1.165, 1.54) is 14.2 Å². The van der Waals surface area contributed by atoms with Crippen molar-refractivity contribution in [3.05, 3.63) is 157 Å². The monoisotopic (exact) mass is 980 g/mol. The van der Waals surface area contributed by atoms with Gasteiger partial charge in [-0.15, -0.1) is 0 Å². The van der Waals surface area contributed by atoms with Crippen molar-refractivity contribution in [2.75, 3.05) is 56.8 Å². The van der Waals surface area contributed by atoms with Crippen LogP contribution in [-0.4, -0.2) is 75.2 Å². The van der Waals surface area contributed by atoms with Crippen LogP contribution in [0.4, 0.5) is 31.5 Å². The van der Waals surface area contributed by atoms with Gasteiger partial charge >= 0.3 is 0 Å². The Morgan fingerprint density at radius 1 is 0.486 bits per heavy atom. The summed E-state index contributed by atoms with van der Waals surface area (Å²) in [6.07, 6.45) is 1.37. The van der Waals surface area contributed by atoms with E-state index in [0.29, 0.717) is 85.5 Å². The van der Waals surface area contributed by atoms with Crippen molar-refractivity contribution < 1.29 is 61.1 Å². The average molecular weight is 981 g/mol. The number of amides is 4. The van der Waals surface area contributed by atoms with Crippen LogP contribution in [0.25, 0.3) is 21.8 Å². The van der Waals surface area contributed by atoms with E-state index in [1.54, 1.807) is 130 Å². The first kappa shape index (κ1) is 50.5. The Morgan fingerprint density at radius 3 is 1.39 bits per heavy atom. The van der Waals surface area contributed by atoms with Crippen LogP contribution in [0.2, 0.25) is 0 Å². The second kappa shape index (κ2) is 23.8. The summed E-state index contributed by atoms with van der Waals surface area (Å²) < 4.78 is 65.4. The molecule has 0 aliphatic carbocycles. The van der Waals surface area contributed by atoms with Gasteiger partial charge in [0.2, 0.25) is 17.9 Å². The summed E-state index contributed by atoms with van der Waals surface area (Å²) >= 11 is 0. The third-order valence-corrected chi connectivity index (χ3v) is 10.4. The molecule has 0 fully saturated rings. The first-order valence-corrected chi connectivity index (χ1v) is 21.7. The summed E-state index contributed by atoms with van der Waals surface area (Å²) in [4.78, 5) is 58.1. The smallest absolute Gasteiger partial charge is 0.263 e. The number of aromatic nitrogens is 2. The highest BCUT2D eigenvalue weighted by Gasteiger charge is 2.27. The highest BCUT2D eigenvalue weighted by molar-refractivity contribution is 6.13. The Labute approximate surface area is 411 Å². The fraction of sp³-hybridized carbons (Fsp3) is 0.132. The number of ether oxygens (including phenoxy) is 7. The predicted molar refractivity (Wildman–Crippen MR) is 265 cm³/mol. The average Bonchev–Trinajstić information content (AvgIpc) is 3.38. The van der Waals surface area contributed by atoms with Crippen molar-refractivity contribution in [2.24, 2.45) is 0 Å². The van der Waals surface area contributed by atoms with Gasteiger partial charge in [-0.1, -0.05) is 18.2 Å². The lowest BCUT2D eigenvalue weighted by Crippen LogP contribution is -2.40. The third-order valence-electron chi connectivity index (χ3n) is 10.4. The number of benzene rings is 6. The molecule has 72 heavy (non-hydrogen) atoms. The van der Waals surface area contributed by atoms with Crippen LogP contribution in [0.5, 0.6) is 46.0 Å². The van der Waals surface area contributed by atoms with Gasteiger partial charge in [-0.25, -0.2) is 8.78 Å². The molecule has 0 saturated carbocycles. The first-order chi connectivity index (χ1) is 34.9. The van der Waals surface area contributed by atoms with Gasteiger partial charge in [-0.05, 0) is 97.1 Å². The van der Waals surface area contributed by atoms with Crippen molar-refractivity contribution in [3.63, 3.8) is 0 Å². The number of methoxy groups -OCH3 is 5. The maximum atomic E-state index is 13.9. The first-order valence-electron chi connectivity index (χ1n) is 21.7. The number of fused-ring (bicyclic) bond motifs is 2. The van der Waals surface area contributed by atoms with E-state index in [1.807, 2.05) is 12.1 Å². The molecule has 0 saturated heterocycles. The zero-order chi connectivity index (χ0) is 51.1. The lowest BCUT2D eigenvalue weighted by Gasteiger charge is -2.16. The molecule has 1 atom stereocenters. The number of nitrogens with one attached hydrogen (secondary N) is 4. The van der Waals surface area contributed by atoms with E-state index in [9.17, 15) is 28.0 Å². The lowest BCUT2D eigenvalue weighted by atomic mass is 10.2. The number of nitrogens with zero attached hydrogens (tertiary/aromatic N) is 2. The van der Waals surface area contributed by atoms with E-state index in [2.05, 4.69) is 31.2 Å². The predicted octanol–water partition coefficient (Wildman–Crippen LogP) is 9.93. The lowest BCUT2D eigenvalue weighted by molar-refractivity contribution is -0.137. The maximum absolute atomic E-state index is 13.9. The molecule has 4 amide bonds. The van der Waals surface area contributed by atoms with Gasteiger partial charge in [0.15, 0.2) is 23.0 Å². The van der Waals surface area contributed by atoms with Gasteiger partial charge in [0.05, 0.1) is 45.2 Å². The Morgan fingerprint density at radius 2 is 0.931 bits per heavy atom. The van der Waals surface area contributed by atoms with E-state index < -0.39 is 35.5 Å². The summed E-state index contributed by atoms with van der Waals surface area (Å²) in [6.45, 7) is 0. The van der Waals surface area contributed by atoms with Gasteiger partial charge < -0.3 is 54.4 Å². The van der Waals surface area contributed by atoms with Crippen LogP contribution >= 0.6 is 0 Å². The molecule has 19 heteroatoms. The van der Waals surface area contributed by atoms with Gasteiger partial charge in [-0.2, -0.15) is 0 Å². The number of hydrogen-bond acceptors (Lipinski definition) is 13. The molecule has 8 aromatic rings. The van der Waals surface area contributed by atoms with Crippen molar-refractivity contribution in [1.82, 2.24) is 9.97 Å². The fourth-order valence-corrected chi connectivity index (χ4v) is 6.95. The van der Waals surface area contributed by atoms with Crippen molar-refractivity contribution >= 4 is 68.2 Å². The van der Waals surface area contributed by atoms with Crippen LogP contribution in [0.1, 0.15) is 6.42 Å². The van der Waals surface area contributed by atoms with E-state index >= 15 is 0 Å². The maximum Gasteiger partial charge on any atom is 0.263 e. The zero-order valence-electron chi connectivity index (χ0n) is 39.3. The highest BCUT2D eigenvalue weighted by atomic mass is 19.1. The molecule has 1 unspecified atom stereocenters. The quantitative estimate of drug-likeness (QED) is 0.0628. The van der Waals surface area contributed by atoms with Crippen LogP contribution < -0.4 is 49.7 Å². The summed E-state index contributed by atoms with van der Waals surface area (Å²) in [6, 6.07) is 35.4. The summed E-state index contributed by atoms with van der Waals surface area (Å²) in [5, 5.41) is 11.6. The van der Waals surface area contributed by atoms with Crippen molar-refractivity contribution in [2.45, 2.75) is 12.5 Å². The van der Waals surface area contributed by atoms with Crippen LogP contribution in [0.15, 0.2) is 146 Å². The normalized spacial score (nSPS) is 11.0. The molecular formula is C53H46F2N6O11. The number of pyridine rings is 2. The number of para-hydroxylation sites is 1. The zero-order valence-corrected chi connectivity index (χ0v) is 39.3. The molecular weight excluding hydrogens is 935 g/mol. The Bertz CT molecular complexity index is 3220. The fourth-order valence-electron chi connectivity index (χ4n) is 6.95. The number of anilines is 4. The summed E-state index contributed by atoms with van der Waals surface area (Å²) in [5.41, 5.74) is 2.61. The largest absolute Gasteiger partial charge is 0.493 e. The molecule has 368 valence electrons. The molecule has 0 bridgehead atoms. The Hall–Kier alpha value is -9.36. The van der Waals surface area contributed by atoms with Crippen molar-refractivity contribution in [1.29, 1.82) is 0 Å². The molecule has 8 rings (SSSR count). The minimum atomic E-state index is -1.59. The van der Waals surface area contributed by atoms with Crippen LogP contribution in [0.3, 0.4) is 0 Å². The molecule has 0 radical (unpaired) electrons. The van der Waals surface area contributed by atoms with E-state index in [0.717, 1.165) is 24.6 Å². The number of rotatable bonds is 17. The molecule has 0 aliphatic heterocycles. The van der Waals surface area contributed by atoms with E-state index in [4.69, 9.17) is 33.2 Å². The number of hydrogen-bond donors (Lipinski definition) is 4. The van der Waals surface area contributed by atoms with Crippen molar-refractivity contribution in [3.8, 4) is 46.0 Å². The Balaban J connectivity index is 0.000000213. The molecule has 0 spiro atoms. The highest BCUT2D eigenvalue weighted by Crippen LogP contribution is 2.38. The molecule has 2 aromatic heterocycles. The number of carbonyl (C=O) groups excluding carboxylic acids is 4. The van der Waals surface area contributed by atoms with Crippen LogP contribution in [-0.2, 0) is 23.9 Å². The summed E-state index contributed by atoms with van der Waals surface area (Å²) in [7, 11) is 7.37. The molecule has 6 aromatic carbocycles. The second-order valence-electron chi connectivity index (χ2n) is 15.2. The SMILES string of the molecule is COc1cc2nccc(Oc3ccc(NC(=O)C(OC)C(=O)Nc4ccc(F)cc4F)cc3)c2cc1OC.COc1cc2nccc(Oc3ccc(NC(=O)CC(=O)Nc4ccccc4)cc3)c2cc1OC. The minimum absolute atomic E-state index is 0.285. The second-order valence-corrected chi connectivity index (χ2v) is 15.2. The van der Waals surface area contributed by atoms with Gasteiger partial charge in [0, 0.05) is 65.5 Å². The summed E-state index contributed by atoms with van der Waals surface area (Å²) in [5.74, 6) is 0.0787. The van der Waals surface area contributed by atoms with Gasteiger partial charge in [0.1, 0.15) is 41.1 Å². The Kier molecular flexibility index (Phi) is 16.7. The molecule has 0 aliphatic rings. The van der Waals surface area contributed by atoms with Crippen LogP contribution in [0, 0.1) is 11.6 Å². The molecule has 17 nitrogen and oxygen atoms in total. The standard InChI is InChI=1S/C27H23F2N3O6.C26H23N3O5/c1-35-23-13-18-21(14-24(23)36-2)30-11-10-22(18)38-17-7-5-16(6-8-17)31-26(33)25(37-3)27(34)32-20-9-4-15(28)12-19(20)29;1-32-23-14-20-21(15-24(23)33-2)27-13-12-22(20)34-19-10-8-18(9-11-19)29-26(31)16-25(30)28-17-6-4-3-5-7-17/h4-14,25H,1-3H3,(H,31,33)(H,32,34);3-15H,16H2,1-2H3,(H,28,30)(H,29,31). The number of halogens is 2. The van der Waals surface area contributed by atoms with E-state index in [-0.39, 0.29) is 18.0 Å². The minimum Gasteiger partial charge on any atom is -0.493 e. The van der Waals surface area contributed by atoms with Gasteiger partial charge in [-0.3, -0.25) is 29.1 Å².